The van der Waals surface area contributed by atoms with Crippen molar-refractivity contribution in [3.8, 4) is 0 Å². The number of hydrogen-bond acceptors (Lipinski definition) is 22. The van der Waals surface area contributed by atoms with E-state index in [1.807, 2.05) is 41.9 Å². The second-order valence-electron chi connectivity index (χ2n) is 24.6. The van der Waals surface area contributed by atoms with Gasteiger partial charge in [-0.3, -0.25) is 22.8 Å². The molecule has 3 aliphatic heterocycles. The van der Waals surface area contributed by atoms with Crippen molar-refractivity contribution >= 4 is 274 Å². The smallest absolute Gasteiger partial charge is 0.395 e. The minimum atomic E-state index is -3.83. The zero-order chi connectivity index (χ0) is 90.9. The molecule has 0 spiro atoms. The van der Waals surface area contributed by atoms with E-state index in [1.165, 1.54) is 65.7 Å². The summed E-state index contributed by atoms with van der Waals surface area (Å²) in [7, 11) is -7.79. The maximum Gasteiger partial charge on any atom is 0.434 e. The lowest BCUT2D eigenvalue weighted by molar-refractivity contribution is -0.396. The van der Waals surface area contributed by atoms with E-state index in [-0.39, 0.29) is 87.3 Å². The highest BCUT2D eigenvalue weighted by atomic mass is 79.9. The van der Waals surface area contributed by atoms with Crippen molar-refractivity contribution < 1.29 is 69.9 Å². The number of aromatic nitrogens is 4. The van der Waals surface area contributed by atoms with Gasteiger partial charge in [0.05, 0.1) is 43.7 Å². The van der Waals surface area contributed by atoms with Crippen molar-refractivity contribution in [3.05, 3.63) is 104 Å². The molecule has 119 heavy (non-hydrogen) atoms. The summed E-state index contributed by atoms with van der Waals surface area (Å²) in [5.41, 5.74) is 7.57. The highest BCUT2D eigenvalue weighted by Gasteiger charge is 2.43. The van der Waals surface area contributed by atoms with Crippen molar-refractivity contribution in [3.63, 3.8) is 0 Å². The zero-order valence-electron chi connectivity index (χ0n) is 66.7. The van der Waals surface area contributed by atoms with Crippen molar-refractivity contribution in [1.82, 2.24) is 66.4 Å². The van der Waals surface area contributed by atoms with Gasteiger partial charge in [-0.2, -0.15) is 8.61 Å². The standard InChI is InChI=1S/C21H30N2O6S2.C12H20Br2N5O4P.2C7H14Br2ClN2OP.C7H16Br2N2.C5H7N3O3.C3H6Br2.C2H7NO.Cl3OP/c1-18-4-8-20(9-5-18)30(26,27)22(14-16-24)12-3-13-23(15-17-25)31(28,29)21-10-6-19(2)7-11-21;1-16-11(9-15-12(16)19(20)21)10-23-24(22)17(7-3-13)5-2-6-18(24)8-4-14;2*8-2-6-11-4-1-5-12(7-3-9)14(11,10)13;8-2-6-10-4-1-5-11-7-3-9;1-7-4(3-9)2-6-5(7)8(10)11;4-2-1-3-5;3-1-2-4;1-5(2,3)4/h4-11,24-25H,3,12-17H2,1-2H3;9H,2-8,10H2,1H3;2*1-7H2;10-11H,1-7H2;2,9H,3H2,1H3;1-3H2;4H,1-3H2;. The van der Waals surface area contributed by atoms with Gasteiger partial charge in [0.1, 0.15) is 37.0 Å². The number of alkyl halides is 10. The van der Waals surface area contributed by atoms with Crippen LogP contribution in [0.2, 0.25) is 0 Å². The van der Waals surface area contributed by atoms with E-state index in [0.717, 1.165) is 160 Å². The van der Waals surface area contributed by atoms with Gasteiger partial charge < -0.3 is 57.0 Å². The number of aliphatic hydroxyl groups excluding tert-OH is 4. The minimum absolute atomic E-state index is 0.00614. The third-order valence-corrected chi connectivity index (χ3v) is 33.6. The van der Waals surface area contributed by atoms with Crippen LogP contribution in [0.25, 0.3) is 0 Å². The number of nitro groups is 2. The van der Waals surface area contributed by atoms with E-state index in [9.17, 15) is 65.5 Å². The predicted octanol–water partition coefficient (Wildman–Crippen LogP) is 15.5. The van der Waals surface area contributed by atoms with Gasteiger partial charge in [-0.05, 0) is 156 Å². The molecule has 7 rings (SSSR count). The molecule has 8 N–H and O–H groups in total. The number of rotatable bonds is 41. The molecule has 2 aromatic carbocycles. The van der Waals surface area contributed by atoms with E-state index >= 15 is 0 Å². The molecule has 4 aromatic rings. The molecule has 0 atom stereocenters. The van der Waals surface area contributed by atoms with Gasteiger partial charge in [-0.1, -0.05) is 205 Å². The molecule has 0 unspecified atom stereocenters. The zero-order valence-corrected chi connectivity index (χ0v) is 91.5. The maximum atomic E-state index is 13.5. The number of imidazole rings is 2. The highest BCUT2D eigenvalue weighted by Crippen LogP contribution is 2.62. The predicted molar refractivity (Wildman–Crippen MR) is 521 cm³/mol. The van der Waals surface area contributed by atoms with Crippen LogP contribution in [0.3, 0.4) is 0 Å². The molecule has 0 aliphatic carbocycles. The van der Waals surface area contributed by atoms with Gasteiger partial charge in [0.25, 0.3) is 0 Å². The van der Waals surface area contributed by atoms with Crippen LogP contribution in [0.15, 0.2) is 70.7 Å². The second-order valence-corrected chi connectivity index (χ2v) is 52.2. The molecule has 2 aromatic heterocycles. The first-order valence-electron chi connectivity index (χ1n) is 36.9. The van der Waals surface area contributed by atoms with Crippen LogP contribution in [0.1, 0.15) is 61.0 Å². The summed E-state index contributed by atoms with van der Waals surface area (Å²) in [4.78, 5) is 27.4. The first-order chi connectivity index (χ1) is 56.2. The number of hydrogen-bond donors (Lipinski definition) is 7. The summed E-state index contributed by atoms with van der Waals surface area (Å²) in [6.07, 6.45) is 8.30. The first kappa shape index (κ1) is 123. The van der Waals surface area contributed by atoms with Crippen LogP contribution in [0, 0.1) is 34.1 Å². The number of halogens is 15. The number of nitrogens with zero attached hydrogens (tertiary/aromatic N) is 14. The summed E-state index contributed by atoms with van der Waals surface area (Å²) in [5, 5.41) is 68.5. The number of nitrogens with one attached hydrogen (secondary N) is 2. The topological polar surface area (TPSA) is 425 Å². The normalized spacial score (nSPS) is 15.7. The fourth-order valence-corrected chi connectivity index (χ4v) is 27.2. The summed E-state index contributed by atoms with van der Waals surface area (Å²) in [5.74, 6) is -0.515. The Bertz CT molecular complexity index is 3610. The third-order valence-electron chi connectivity index (χ3n) is 16.1. The van der Waals surface area contributed by atoms with Gasteiger partial charge in [0, 0.05) is 178 Å². The number of benzene rings is 2. The van der Waals surface area contributed by atoms with Gasteiger partial charge in [-0.25, -0.2) is 54.0 Å². The van der Waals surface area contributed by atoms with Gasteiger partial charge >= 0.3 is 38.4 Å². The Balaban J connectivity index is 0. The lowest BCUT2D eigenvalue weighted by Gasteiger charge is -2.41. The minimum Gasteiger partial charge on any atom is -0.395 e. The van der Waals surface area contributed by atoms with Gasteiger partial charge in [-0.15, -0.1) is 0 Å². The summed E-state index contributed by atoms with van der Waals surface area (Å²) in [6.45, 7) is 10.9. The average Bonchev–Trinajstić information content (AvgIpc) is 1.69. The van der Waals surface area contributed by atoms with Crippen LogP contribution in [0.5, 0.6) is 0 Å². The SMILES string of the molecule is BrCCCBr.BrCCNCCCNCCBr.Cc1ccc(S(=O)(=O)N(CCO)CCCN(CCO)S(=O)(=O)c2ccc(C)cc2)cc1.Cn1c(CO)cnc1[N+](=O)[O-].Cn1c(COP2(=O)N(CCBr)CCCN2CCBr)cnc1[N+](=O)[O-].NCCO.O=P(Cl)(Cl)Cl.O=P1(Cl)N(CCBr)CCCN1CCBr.O=P1(Cl)N(CCBr)CCCN1CCBr. The lowest BCUT2D eigenvalue weighted by Crippen LogP contribution is -2.41. The van der Waals surface area contributed by atoms with Crippen molar-refractivity contribution in [2.75, 3.05) is 211 Å². The van der Waals surface area contributed by atoms with E-state index in [2.05, 4.69) is 214 Å². The van der Waals surface area contributed by atoms with Crippen LogP contribution in [-0.4, -0.2) is 313 Å². The molecule has 34 nitrogen and oxygen atoms in total. The van der Waals surface area contributed by atoms with Crippen molar-refractivity contribution in [1.29, 1.82) is 0 Å². The van der Waals surface area contributed by atoms with E-state index < -0.39 is 56.4 Å². The molecule has 3 saturated heterocycles. The summed E-state index contributed by atoms with van der Waals surface area (Å²) >= 11 is 59.5. The monoisotopic (exact) mass is 2540 g/mol. The molecule has 694 valence electrons. The quantitative estimate of drug-likeness (QED) is 0.00713. The summed E-state index contributed by atoms with van der Waals surface area (Å²) < 4.78 is 121. The van der Waals surface area contributed by atoms with E-state index in [0.29, 0.717) is 54.8 Å². The third kappa shape index (κ3) is 50.0. The van der Waals surface area contributed by atoms with Gasteiger partial charge in [0.2, 0.25) is 20.0 Å². The largest absolute Gasteiger partial charge is 0.434 e. The molecule has 0 saturated carbocycles. The number of sulfonamides is 2. The molecule has 5 heterocycles. The molecule has 0 radical (unpaired) electrons. The van der Waals surface area contributed by atoms with Crippen LogP contribution in [0.4, 0.5) is 11.9 Å². The highest BCUT2D eigenvalue weighted by molar-refractivity contribution is 9.10. The number of aryl methyl sites for hydroxylation is 2. The summed E-state index contributed by atoms with van der Waals surface area (Å²) in [6, 6.07) is 12.8. The molecule has 3 fully saturated rings. The van der Waals surface area contributed by atoms with E-state index in [1.54, 1.807) is 31.3 Å². The lowest BCUT2D eigenvalue weighted by atomic mass is 10.2. The Hall–Kier alpha value is 2.09. The molecule has 0 amide bonds. The molecule has 0 bridgehead atoms. The first-order valence-corrected chi connectivity index (χ1v) is 61.9. The van der Waals surface area contributed by atoms with Crippen LogP contribution < -0.4 is 16.4 Å². The van der Waals surface area contributed by atoms with E-state index in [4.69, 9.17) is 43.0 Å². The number of nitrogens with two attached hydrogens (primary N) is 1. The fraction of sp³-hybridized carbons (Fsp3) is 0.719. The second kappa shape index (κ2) is 70.8. The van der Waals surface area contributed by atoms with Gasteiger partial charge in [0.15, 0.2) is 0 Å². The molecular weight excluding hydrogens is 2440 g/mol. The molecule has 3 aliphatic rings. The number of aliphatic hydroxyl groups is 4. The van der Waals surface area contributed by atoms with Crippen LogP contribution in [-0.2, 0) is 70.1 Å². The Morgan fingerprint density at radius 2 is 0.807 bits per heavy atom. The van der Waals surface area contributed by atoms with Crippen molar-refractivity contribution in [2.24, 2.45) is 19.8 Å². The molecule has 55 heteroatoms. The maximum absolute atomic E-state index is 13.5. The Labute approximate surface area is 810 Å². The Kier molecular flexibility index (Phi) is 73.3. The molecular formula is C64H114Br10Cl5N17O17P4S2. The average molecular weight is 2560 g/mol. The Morgan fingerprint density at radius 3 is 1.06 bits per heavy atom. The van der Waals surface area contributed by atoms with Crippen LogP contribution >= 0.6 is 242 Å². The van der Waals surface area contributed by atoms with Crippen molar-refractivity contribution in [2.45, 2.75) is 75.4 Å². The fourth-order valence-electron chi connectivity index (χ4n) is 10.2. The Morgan fingerprint density at radius 1 is 0.504 bits per heavy atom.